The number of unbranched alkanes of at least 4 members (excludes halogenated alkanes) is 1. The first-order valence-electron chi connectivity index (χ1n) is 23.1. The molecule has 0 bridgehead atoms. The molecule has 3 aromatic carbocycles. The van der Waals surface area contributed by atoms with Gasteiger partial charge in [0.15, 0.2) is 0 Å². The number of hydrazine groups is 1. The van der Waals surface area contributed by atoms with Crippen molar-refractivity contribution in [3.8, 4) is 17.2 Å². The number of phenols is 3. The van der Waals surface area contributed by atoms with Crippen LogP contribution in [0.3, 0.4) is 0 Å². The van der Waals surface area contributed by atoms with Gasteiger partial charge in [-0.25, -0.2) is 0 Å². The number of rotatable bonds is 15. The number of benzene rings is 3. The molecule has 0 unspecified atom stereocenters. The molecule has 0 atom stereocenters. The minimum atomic E-state index is -0.381. The van der Waals surface area contributed by atoms with Gasteiger partial charge >= 0.3 is 0 Å². The summed E-state index contributed by atoms with van der Waals surface area (Å²) in [6, 6.07) is 12.0. The molecule has 9 nitrogen and oxygen atoms in total. The summed E-state index contributed by atoms with van der Waals surface area (Å²) in [5.41, 5.74) is 11.5. The van der Waals surface area contributed by atoms with Crippen molar-refractivity contribution in [3.05, 3.63) is 86.5 Å². The predicted molar refractivity (Wildman–Crippen MR) is 259 cm³/mol. The monoisotopic (exact) mass is 870 g/mol. The Balaban J connectivity index is 1.58. The summed E-state index contributed by atoms with van der Waals surface area (Å²) in [6.45, 7) is 35.9. The zero-order valence-electron chi connectivity index (χ0n) is 42.1. The summed E-state index contributed by atoms with van der Waals surface area (Å²) >= 11 is 0. The summed E-state index contributed by atoms with van der Waals surface area (Å²) in [7, 11) is 0. The molecule has 0 aliphatic carbocycles. The van der Waals surface area contributed by atoms with Gasteiger partial charge in [0.1, 0.15) is 17.2 Å². The van der Waals surface area contributed by atoms with Crippen molar-refractivity contribution in [2.24, 2.45) is 0 Å². The lowest BCUT2D eigenvalue weighted by Crippen LogP contribution is -2.41. The summed E-state index contributed by atoms with van der Waals surface area (Å²) in [6.07, 6.45) is 4.59. The van der Waals surface area contributed by atoms with Crippen molar-refractivity contribution in [2.75, 3.05) is 6.54 Å². The molecule has 0 saturated heterocycles. The fourth-order valence-corrected chi connectivity index (χ4v) is 8.07. The van der Waals surface area contributed by atoms with Gasteiger partial charge in [-0.05, 0) is 109 Å². The van der Waals surface area contributed by atoms with Crippen LogP contribution in [0, 0.1) is 0 Å². The molecule has 3 rings (SSSR count). The molecule has 6 N–H and O–H groups in total. The molecule has 0 saturated carbocycles. The van der Waals surface area contributed by atoms with Crippen LogP contribution in [-0.4, -0.2) is 39.6 Å². The summed E-state index contributed by atoms with van der Waals surface area (Å²) in [5, 5.41) is 36.8. The van der Waals surface area contributed by atoms with E-state index in [4.69, 9.17) is 0 Å². The van der Waals surface area contributed by atoms with Crippen molar-refractivity contribution in [3.63, 3.8) is 0 Å². The average molecular weight is 870 g/mol. The van der Waals surface area contributed by atoms with Gasteiger partial charge in [0.25, 0.3) is 0 Å². The van der Waals surface area contributed by atoms with E-state index in [0.29, 0.717) is 43.7 Å². The molecule has 63 heavy (non-hydrogen) atoms. The van der Waals surface area contributed by atoms with E-state index in [-0.39, 0.29) is 68.8 Å². The second-order valence-corrected chi connectivity index (χ2v) is 23.7. The second kappa shape index (κ2) is 20.1. The highest BCUT2D eigenvalue weighted by molar-refractivity contribution is 5.82. The van der Waals surface area contributed by atoms with E-state index in [1.165, 1.54) is 0 Å². The average Bonchev–Trinajstić information content (AvgIpc) is 3.13. The minimum Gasteiger partial charge on any atom is -0.507 e. The molecule has 0 spiro atoms. The zero-order chi connectivity index (χ0) is 48.1. The lowest BCUT2D eigenvalue weighted by molar-refractivity contribution is -0.128. The molecule has 0 heterocycles. The number of hydrogen-bond donors (Lipinski definition) is 6. The van der Waals surface area contributed by atoms with Gasteiger partial charge in [-0.2, -0.15) is 0 Å². The highest BCUT2D eigenvalue weighted by Crippen LogP contribution is 2.43. The Morgan fingerprint density at radius 3 is 0.984 bits per heavy atom. The van der Waals surface area contributed by atoms with E-state index in [9.17, 15) is 29.7 Å². The number of nitrogens with one attached hydrogen (secondary N) is 3. The van der Waals surface area contributed by atoms with E-state index in [1.807, 2.05) is 36.4 Å². The van der Waals surface area contributed by atoms with Crippen molar-refractivity contribution >= 4 is 17.7 Å². The largest absolute Gasteiger partial charge is 0.507 e. The standard InChI is InChI=1S/C54H83N3O6/c1-49(2,3)37-28-34(29-38(46(37)61)50(4,5)6)20-23-43(58)55-27-19-18-26-54(16,17)42-33-36(32-41(48(42)63)53(13,14)15)22-25-45(60)57-56-44(59)24-21-35-30-39(51(7,8)9)47(62)40(31-35)52(10,11)12/h28-33,61-63H,18-27H2,1-17H3,(H,55,58)(H,56,59)(H,57,60). The van der Waals surface area contributed by atoms with Gasteiger partial charge in [0, 0.05) is 31.4 Å². The molecular formula is C54H83N3O6. The first kappa shape index (κ1) is 52.8. The normalized spacial score (nSPS) is 12.9. The van der Waals surface area contributed by atoms with E-state index in [0.717, 1.165) is 69.3 Å². The molecule has 0 aliphatic heterocycles. The Morgan fingerprint density at radius 1 is 0.413 bits per heavy atom. The molecule has 350 valence electrons. The van der Waals surface area contributed by atoms with Crippen LogP contribution in [0.5, 0.6) is 17.2 Å². The van der Waals surface area contributed by atoms with Crippen LogP contribution in [0.4, 0.5) is 0 Å². The van der Waals surface area contributed by atoms with Gasteiger partial charge in [-0.3, -0.25) is 25.2 Å². The molecule has 3 amide bonds. The number of aryl methyl sites for hydroxylation is 3. The molecule has 3 aromatic rings. The maximum atomic E-state index is 13.0. The fourth-order valence-electron chi connectivity index (χ4n) is 8.07. The third-order valence-corrected chi connectivity index (χ3v) is 12.1. The molecule has 0 aromatic heterocycles. The highest BCUT2D eigenvalue weighted by atomic mass is 16.3. The number of carbonyl (C=O) groups is 3. The molecular weight excluding hydrogens is 787 g/mol. The van der Waals surface area contributed by atoms with Crippen molar-refractivity contribution in [1.29, 1.82) is 0 Å². The van der Waals surface area contributed by atoms with Crippen LogP contribution < -0.4 is 16.2 Å². The van der Waals surface area contributed by atoms with E-state index in [1.54, 1.807) is 0 Å². The van der Waals surface area contributed by atoms with Crippen LogP contribution in [0.15, 0.2) is 36.4 Å². The summed E-state index contributed by atoms with van der Waals surface area (Å²) in [5.74, 6) is 0.315. The first-order chi connectivity index (χ1) is 28.6. The highest BCUT2D eigenvalue weighted by Gasteiger charge is 2.31. The van der Waals surface area contributed by atoms with Gasteiger partial charge in [-0.15, -0.1) is 0 Å². The van der Waals surface area contributed by atoms with Gasteiger partial charge in [0.2, 0.25) is 17.7 Å². The molecule has 0 radical (unpaired) electrons. The van der Waals surface area contributed by atoms with Crippen LogP contribution in [0.1, 0.15) is 206 Å². The number of aromatic hydroxyl groups is 3. The molecule has 9 heteroatoms. The fraction of sp³-hybridized carbons (Fsp3) is 0.611. The molecule has 0 fully saturated rings. The first-order valence-corrected chi connectivity index (χ1v) is 23.1. The predicted octanol–water partition coefficient (Wildman–Crippen LogP) is 11.2. The number of phenolic OH excluding ortho intramolecular Hbond substituents is 3. The molecule has 0 aliphatic rings. The van der Waals surface area contributed by atoms with Gasteiger partial charge < -0.3 is 20.6 Å². The lowest BCUT2D eigenvalue weighted by Gasteiger charge is -2.31. The van der Waals surface area contributed by atoms with Gasteiger partial charge in [-0.1, -0.05) is 161 Å². The zero-order valence-corrected chi connectivity index (χ0v) is 42.1. The van der Waals surface area contributed by atoms with Crippen molar-refractivity contribution in [1.82, 2.24) is 16.2 Å². The quantitative estimate of drug-likeness (QED) is 0.0662. The maximum absolute atomic E-state index is 13.0. The lowest BCUT2D eigenvalue weighted by atomic mass is 9.75. The Hall–Kier alpha value is -4.53. The van der Waals surface area contributed by atoms with E-state index >= 15 is 0 Å². The number of hydrogen-bond acceptors (Lipinski definition) is 6. The van der Waals surface area contributed by atoms with Crippen molar-refractivity contribution < 1.29 is 29.7 Å². The Morgan fingerprint density at radius 2 is 0.683 bits per heavy atom. The SMILES string of the molecule is CC(C)(C)c1cc(CCC(=O)NCCCCC(C)(C)c2cc(CCC(=O)NNC(=O)CCc3cc(C(C)(C)C)c(O)c(C(C)(C)C)c3)cc(C(C)(C)C)c2O)cc(C(C)(C)C)c1O. The second-order valence-electron chi connectivity index (χ2n) is 23.7. The van der Waals surface area contributed by atoms with Crippen molar-refractivity contribution in [2.45, 2.75) is 208 Å². The van der Waals surface area contributed by atoms with Crippen LogP contribution in [0.2, 0.25) is 0 Å². The third kappa shape index (κ3) is 15.0. The smallest absolute Gasteiger partial charge is 0.238 e. The van der Waals surface area contributed by atoms with Crippen LogP contribution in [-0.2, 0) is 66.1 Å². The Labute approximate surface area is 380 Å². The summed E-state index contributed by atoms with van der Waals surface area (Å²) < 4.78 is 0. The summed E-state index contributed by atoms with van der Waals surface area (Å²) in [4.78, 5) is 38.8. The topological polar surface area (TPSA) is 148 Å². The maximum Gasteiger partial charge on any atom is 0.238 e. The van der Waals surface area contributed by atoms with Crippen LogP contribution >= 0.6 is 0 Å². The van der Waals surface area contributed by atoms with E-state index < -0.39 is 0 Å². The Bertz CT molecular complexity index is 2030. The number of amides is 3. The van der Waals surface area contributed by atoms with Crippen LogP contribution in [0.25, 0.3) is 0 Å². The third-order valence-electron chi connectivity index (χ3n) is 12.1. The minimum absolute atomic E-state index is 0.000731. The van der Waals surface area contributed by atoms with Gasteiger partial charge in [0.05, 0.1) is 0 Å². The van der Waals surface area contributed by atoms with E-state index in [2.05, 4.69) is 134 Å². The Kier molecular flexibility index (Phi) is 16.9. The number of carbonyl (C=O) groups excluding carboxylic acids is 3.